The molecule has 116 valence electrons. The highest BCUT2D eigenvalue weighted by Gasteiger charge is 2.49. The molecule has 2 rings (SSSR count). The van der Waals surface area contributed by atoms with Gasteiger partial charge in [0.05, 0.1) is 13.0 Å². The molecule has 0 saturated heterocycles. The lowest BCUT2D eigenvalue weighted by Crippen LogP contribution is -2.51. The number of nitrogens with one attached hydrogen (secondary N) is 1. The van der Waals surface area contributed by atoms with Gasteiger partial charge >= 0.3 is 12.1 Å². The van der Waals surface area contributed by atoms with Crippen LogP contribution >= 0.6 is 0 Å². The molecular formula is C15H18F3NO2. The van der Waals surface area contributed by atoms with E-state index in [0.29, 0.717) is 5.69 Å². The molecule has 1 fully saturated rings. The minimum atomic E-state index is -4.20. The molecule has 1 aliphatic carbocycles. The summed E-state index contributed by atoms with van der Waals surface area (Å²) >= 11 is 0. The number of alkyl halides is 3. The van der Waals surface area contributed by atoms with Gasteiger partial charge in [-0.15, -0.1) is 0 Å². The van der Waals surface area contributed by atoms with Crippen LogP contribution in [-0.2, 0) is 9.53 Å². The van der Waals surface area contributed by atoms with Gasteiger partial charge in [0.15, 0.2) is 0 Å². The molecule has 1 aliphatic rings. The standard InChI is InChI=1S/C15H18F3NO2/c1-21-13(20)14(19-12-5-3-2-4-6-12)9-7-11(8-10-14)15(16,17)18/h2-6,11,19H,7-10H2,1H3. The van der Waals surface area contributed by atoms with Crippen LogP contribution in [0.2, 0.25) is 0 Å². The highest BCUT2D eigenvalue weighted by Crippen LogP contribution is 2.42. The van der Waals surface area contributed by atoms with Gasteiger partial charge in [0, 0.05) is 5.69 Å². The van der Waals surface area contributed by atoms with Crippen LogP contribution in [0.15, 0.2) is 30.3 Å². The van der Waals surface area contributed by atoms with Crippen molar-refractivity contribution in [3.8, 4) is 0 Å². The second-order valence-corrected chi connectivity index (χ2v) is 5.38. The van der Waals surface area contributed by atoms with Crippen molar-refractivity contribution in [2.24, 2.45) is 5.92 Å². The number of anilines is 1. The quantitative estimate of drug-likeness (QED) is 0.864. The van der Waals surface area contributed by atoms with Crippen LogP contribution in [0, 0.1) is 5.92 Å². The van der Waals surface area contributed by atoms with Gasteiger partial charge in [0.1, 0.15) is 5.54 Å². The average Bonchev–Trinajstić information content (AvgIpc) is 2.47. The van der Waals surface area contributed by atoms with Gasteiger partial charge < -0.3 is 10.1 Å². The van der Waals surface area contributed by atoms with Gasteiger partial charge in [0.25, 0.3) is 0 Å². The number of carbonyl (C=O) groups is 1. The molecule has 1 saturated carbocycles. The first-order valence-electron chi connectivity index (χ1n) is 6.86. The fourth-order valence-electron chi connectivity index (χ4n) is 2.81. The van der Waals surface area contributed by atoms with Crippen LogP contribution in [0.1, 0.15) is 25.7 Å². The third-order valence-corrected chi connectivity index (χ3v) is 4.04. The molecule has 21 heavy (non-hydrogen) atoms. The van der Waals surface area contributed by atoms with E-state index in [-0.39, 0.29) is 25.7 Å². The Hall–Kier alpha value is -1.72. The molecule has 3 nitrogen and oxygen atoms in total. The summed E-state index contributed by atoms with van der Waals surface area (Å²) in [6.07, 6.45) is -4.12. The number of ether oxygens (including phenoxy) is 1. The van der Waals surface area contributed by atoms with Crippen molar-refractivity contribution < 1.29 is 22.7 Å². The Morgan fingerprint density at radius 2 is 1.81 bits per heavy atom. The Kier molecular flexibility index (Phi) is 4.44. The molecular weight excluding hydrogens is 283 g/mol. The van der Waals surface area contributed by atoms with E-state index < -0.39 is 23.6 Å². The van der Waals surface area contributed by atoms with E-state index in [1.54, 1.807) is 24.3 Å². The molecule has 0 atom stereocenters. The lowest BCUT2D eigenvalue weighted by molar-refractivity contribution is -0.186. The zero-order valence-corrected chi connectivity index (χ0v) is 11.7. The number of para-hydroxylation sites is 1. The number of esters is 1. The van der Waals surface area contributed by atoms with Gasteiger partial charge in [-0.3, -0.25) is 0 Å². The van der Waals surface area contributed by atoms with Gasteiger partial charge in [-0.2, -0.15) is 13.2 Å². The molecule has 6 heteroatoms. The zero-order valence-electron chi connectivity index (χ0n) is 11.7. The first-order chi connectivity index (χ1) is 9.87. The molecule has 0 heterocycles. The predicted molar refractivity (Wildman–Crippen MR) is 72.8 cm³/mol. The number of hydrogen-bond acceptors (Lipinski definition) is 3. The van der Waals surface area contributed by atoms with Gasteiger partial charge in [-0.25, -0.2) is 4.79 Å². The van der Waals surface area contributed by atoms with Gasteiger partial charge in [-0.1, -0.05) is 18.2 Å². The molecule has 1 aromatic carbocycles. The largest absolute Gasteiger partial charge is 0.467 e. The van der Waals surface area contributed by atoms with E-state index in [2.05, 4.69) is 5.32 Å². The van der Waals surface area contributed by atoms with Crippen LogP contribution in [-0.4, -0.2) is 24.8 Å². The Labute approximate surface area is 121 Å². The average molecular weight is 301 g/mol. The Balaban J connectivity index is 2.16. The van der Waals surface area contributed by atoms with Gasteiger partial charge in [-0.05, 0) is 37.8 Å². The minimum Gasteiger partial charge on any atom is -0.467 e. The normalized spacial score (nSPS) is 26.2. The summed E-state index contributed by atoms with van der Waals surface area (Å²) in [7, 11) is 1.26. The summed E-state index contributed by atoms with van der Waals surface area (Å²) in [5.41, 5.74) is -0.369. The van der Waals surface area contributed by atoms with E-state index in [0.717, 1.165) is 0 Å². The topological polar surface area (TPSA) is 38.3 Å². The van der Waals surface area contributed by atoms with Crippen molar-refractivity contribution >= 4 is 11.7 Å². The highest BCUT2D eigenvalue weighted by molar-refractivity contribution is 5.84. The number of halogens is 3. The number of carbonyl (C=O) groups excluding carboxylic acids is 1. The lowest BCUT2D eigenvalue weighted by atomic mass is 9.76. The van der Waals surface area contributed by atoms with E-state index in [1.165, 1.54) is 7.11 Å². The van der Waals surface area contributed by atoms with Crippen molar-refractivity contribution in [3.63, 3.8) is 0 Å². The summed E-state index contributed by atoms with van der Waals surface area (Å²) in [5.74, 6) is -1.85. The maximum absolute atomic E-state index is 12.8. The Morgan fingerprint density at radius 3 is 2.29 bits per heavy atom. The van der Waals surface area contributed by atoms with E-state index in [4.69, 9.17) is 4.74 Å². The molecule has 0 spiro atoms. The van der Waals surface area contributed by atoms with Gasteiger partial charge in [0.2, 0.25) is 0 Å². The van der Waals surface area contributed by atoms with Crippen LogP contribution in [0.5, 0.6) is 0 Å². The summed E-state index contributed by atoms with van der Waals surface area (Å²) in [6.45, 7) is 0. The maximum Gasteiger partial charge on any atom is 0.391 e. The molecule has 0 aromatic heterocycles. The smallest absolute Gasteiger partial charge is 0.391 e. The fraction of sp³-hybridized carbons (Fsp3) is 0.533. The third-order valence-electron chi connectivity index (χ3n) is 4.04. The highest BCUT2D eigenvalue weighted by atomic mass is 19.4. The summed E-state index contributed by atoms with van der Waals surface area (Å²) in [6, 6.07) is 8.99. The Morgan fingerprint density at radius 1 is 1.24 bits per heavy atom. The maximum atomic E-state index is 12.8. The monoisotopic (exact) mass is 301 g/mol. The van der Waals surface area contributed by atoms with Crippen LogP contribution < -0.4 is 5.32 Å². The van der Waals surface area contributed by atoms with E-state index in [1.807, 2.05) is 6.07 Å². The molecule has 0 amide bonds. The minimum absolute atomic E-state index is 0.0710. The molecule has 1 aromatic rings. The molecule has 0 unspecified atom stereocenters. The molecule has 0 bridgehead atoms. The number of methoxy groups -OCH3 is 1. The molecule has 0 aliphatic heterocycles. The van der Waals surface area contributed by atoms with E-state index >= 15 is 0 Å². The lowest BCUT2D eigenvalue weighted by Gasteiger charge is -2.39. The predicted octanol–water partition coefficient (Wildman–Crippen LogP) is 3.76. The number of hydrogen-bond donors (Lipinski definition) is 1. The zero-order chi connectivity index (χ0) is 15.5. The second-order valence-electron chi connectivity index (χ2n) is 5.38. The first kappa shape index (κ1) is 15.7. The SMILES string of the molecule is COC(=O)C1(Nc2ccccc2)CCC(C(F)(F)F)CC1. The first-order valence-corrected chi connectivity index (χ1v) is 6.86. The third kappa shape index (κ3) is 3.49. The van der Waals surface area contributed by atoms with Crippen LogP contribution in [0.3, 0.4) is 0 Å². The Bertz CT molecular complexity index is 479. The fourth-order valence-corrected chi connectivity index (χ4v) is 2.81. The molecule has 0 radical (unpaired) electrons. The van der Waals surface area contributed by atoms with E-state index in [9.17, 15) is 18.0 Å². The van der Waals surface area contributed by atoms with Crippen LogP contribution in [0.25, 0.3) is 0 Å². The van der Waals surface area contributed by atoms with Crippen molar-refractivity contribution in [3.05, 3.63) is 30.3 Å². The summed E-state index contributed by atoms with van der Waals surface area (Å²) < 4.78 is 43.1. The number of benzene rings is 1. The van der Waals surface area contributed by atoms with Crippen molar-refractivity contribution in [1.29, 1.82) is 0 Å². The summed E-state index contributed by atoms with van der Waals surface area (Å²) in [4.78, 5) is 12.1. The van der Waals surface area contributed by atoms with Crippen LogP contribution in [0.4, 0.5) is 18.9 Å². The number of rotatable bonds is 3. The summed E-state index contributed by atoms with van der Waals surface area (Å²) in [5, 5.41) is 3.08. The second kappa shape index (κ2) is 5.95. The van der Waals surface area contributed by atoms with Crippen molar-refractivity contribution in [1.82, 2.24) is 0 Å². The molecule has 1 N–H and O–H groups in total. The van der Waals surface area contributed by atoms with Crippen molar-refractivity contribution in [2.75, 3.05) is 12.4 Å². The van der Waals surface area contributed by atoms with Crippen molar-refractivity contribution in [2.45, 2.75) is 37.4 Å².